The Morgan fingerprint density at radius 1 is 1.26 bits per heavy atom. The summed E-state index contributed by atoms with van der Waals surface area (Å²) >= 11 is 5.75. The van der Waals surface area contributed by atoms with Gasteiger partial charge in [-0.15, -0.1) is 0 Å². The van der Waals surface area contributed by atoms with E-state index in [1.165, 1.54) is 31.3 Å². The van der Waals surface area contributed by atoms with Crippen LogP contribution in [0.3, 0.4) is 0 Å². The van der Waals surface area contributed by atoms with Gasteiger partial charge in [0.05, 0.1) is 11.4 Å². The van der Waals surface area contributed by atoms with Crippen LogP contribution in [0.5, 0.6) is 0 Å². The highest BCUT2D eigenvalue weighted by Crippen LogP contribution is 2.17. The standard InChI is InChI=1S/C15H16ClN3O3S/c1-19(23(21,22)14-6-4-13(16)5-7-14)11-15(20)18-10-12-3-2-8-17-9-12/h2-9H,10-11H2,1H3,(H,18,20). The molecule has 1 aromatic heterocycles. The summed E-state index contributed by atoms with van der Waals surface area (Å²) in [5.74, 6) is -0.395. The van der Waals surface area contributed by atoms with E-state index in [9.17, 15) is 13.2 Å². The quantitative estimate of drug-likeness (QED) is 0.856. The van der Waals surface area contributed by atoms with Crippen molar-refractivity contribution >= 4 is 27.5 Å². The Labute approximate surface area is 140 Å². The lowest BCUT2D eigenvalue weighted by Crippen LogP contribution is -2.38. The second kappa shape index (κ2) is 7.54. The summed E-state index contributed by atoms with van der Waals surface area (Å²) in [5.41, 5.74) is 0.837. The SMILES string of the molecule is CN(CC(=O)NCc1cccnc1)S(=O)(=O)c1ccc(Cl)cc1. The summed E-state index contributed by atoms with van der Waals surface area (Å²) in [5, 5.41) is 3.10. The van der Waals surface area contributed by atoms with E-state index in [4.69, 9.17) is 11.6 Å². The second-order valence-corrected chi connectivity index (χ2v) is 7.33. The first-order chi connectivity index (χ1) is 10.9. The van der Waals surface area contributed by atoms with Crippen molar-refractivity contribution in [2.24, 2.45) is 0 Å². The highest BCUT2D eigenvalue weighted by Gasteiger charge is 2.22. The lowest BCUT2D eigenvalue weighted by atomic mass is 10.3. The van der Waals surface area contributed by atoms with Gasteiger partial charge in [-0.3, -0.25) is 9.78 Å². The number of carbonyl (C=O) groups excluding carboxylic acids is 1. The van der Waals surface area contributed by atoms with Crippen LogP contribution in [-0.2, 0) is 21.4 Å². The summed E-state index contributed by atoms with van der Waals surface area (Å²) < 4.78 is 25.7. The number of amides is 1. The zero-order valence-electron chi connectivity index (χ0n) is 12.4. The normalized spacial score (nSPS) is 11.4. The number of hydrogen-bond acceptors (Lipinski definition) is 4. The summed E-state index contributed by atoms with van der Waals surface area (Å²) in [6.45, 7) is 0.0206. The maximum atomic E-state index is 12.3. The van der Waals surface area contributed by atoms with Crippen LogP contribution in [0.25, 0.3) is 0 Å². The van der Waals surface area contributed by atoms with Crippen molar-refractivity contribution < 1.29 is 13.2 Å². The highest BCUT2D eigenvalue weighted by atomic mass is 35.5. The molecule has 122 valence electrons. The molecule has 0 unspecified atom stereocenters. The number of aromatic nitrogens is 1. The number of pyridine rings is 1. The molecule has 1 aromatic carbocycles. The van der Waals surface area contributed by atoms with E-state index in [1.54, 1.807) is 18.5 Å². The van der Waals surface area contributed by atoms with Crippen LogP contribution in [0.1, 0.15) is 5.56 Å². The lowest BCUT2D eigenvalue weighted by molar-refractivity contribution is -0.121. The molecule has 0 aliphatic carbocycles. The highest BCUT2D eigenvalue weighted by molar-refractivity contribution is 7.89. The van der Waals surface area contributed by atoms with Gasteiger partial charge in [-0.25, -0.2) is 8.42 Å². The molecule has 0 fully saturated rings. The van der Waals surface area contributed by atoms with Gasteiger partial charge >= 0.3 is 0 Å². The molecular formula is C15H16ClN3O3S. The molecule has 1 heterocycles. The van der Waals surface area contributed by atoms with E-state index in [2.05, 4.69) is 10.3 Å². The number of likely N-dealkylation sites (N-methyl/N-ethyl adjacent to an activating group) is 1. The third kappa shape index (κ3) is 4.75. The van der Waals surface area contributed by atoms with Crippen LogP contribution >= 0.6 is 11.6 Å². The molecule has 0 saturated heterocycles. The predicted octanol–water partition coefficient (Wildman–Crippen LogP) is 1.67. The third-order valence-electron chi connectivity index (χ3n) is 3.10. The van der Waals surface area contributed by atoms with E-state index >= 15 is 0 Å². The van der Waals surface area contributed by atoms with Crippen LogP contribution in [0.2, 0.25) is 5.02 Å². The van der Waals surface area contributed by atoms with Gasteiger partial charge in [0.25, 0.3) is 0 Å². The van der Waals surface area contributed by atoms with Crippen molar-refractivity contribution in [3.05, 3.63) is 59.4 Å². The molecule has 0 spiro atoms. The number of carbonyl (C=O) groups is 1. The fourth-order valence-electron chi connectivity index (χ4n) is 1.83. The topological polar surface area (TPSA) is 79.4 Å². The molecule has 0 radical (unpaired) electrons. The molecule has 0 aliphatic rings. The average molecular weight is 354 g/mol. The van der Waals surface area contributed by atoms with E-state index < -0.39 is 15.9 Å². The molecule has 1 N–H and O–H groups in total. The van der Waals surface area contributed by atoms with Crippen LogP contribution < -0.4 is 5.32 Å². The minimum absolute atomic E-state index is 0.0875. The summed E-state index contributed by atoms with van der Waals surface area (Å²) in [6.07, 6.45) is 3.27. The summed E-state index contributed by atoms with van der Waals surface area (Å²) in [6, 6.07) is 9.37. The Hall–Kier alpha value is -1.96. The number of benzene rings is 1. The number of nitrogens with one attached hydrogen (secondary N) is 1. The molecule has 0 bridgehead atoms. The van der Waals surface area contributed by atoms with E-state index in [1.807, 2.05) is 6.07 Å². The Morgan fingerprint density at radius 3 is 2.57 bits per heavy atom. The Bertz CT molecular complexity index is 764. The minimum atomic E-state index is -3.73. The van der Waals surface area contributed by atoms with E-state index in [0.717, 1.165) is 9.87 Å². The average Bonchev–Trinajstić information content (AvgIpc) is 2.54. The predicted molar refractivity (Wildman–Crippen MR) is 87.4 cm³/mol. The fourth-order valence-corrected chi connectivity index (χ4v) is 3.09. The van der Waals surface area contributed by atoms with Gasteiger partial charge in [0.2, 0.25) is 15.9 Å². The van der Waals surface area contributed by atoms with E-state index in [0.29, 0.717) is 11.6 Å². The van der Waals surface area contributed by atoms with Gasteiger partial charge in [-0.2, -0.15) is 4.31 Å². The second-order valence-electron chi connectivity index (χ2n) is 4.85. The number of halogens is 1. The third-order valence-corrected chi connectivity index (χ3v) is 5.17. The van der Waals surface area contributed by atoms with Crippen molar-refractivity contribution in [1.29, 1.82) is 0 Å². The number of sulfonamides is 1. The fraction of sp³-hybridized carbons (Fsp3) is 0.200. The zero-order valence-corrected chi connectivity index (χ0v) is 14.0. The van der Waals surface area contributed by atoms with Crippen LogP contribution in [0.4, 0.5) is 0 Å². The first-order valence-corrected chi connectivity index (χ1v) is 8.59. The summed E-state index contributed by atoms with van der Waals surface area (Å²) in [4.78, 5) is 15.9. The van der Waals surface area contributed by atoms with Crippen LogP contribution in [-0.4, -0.2) is 37.2 Å². The molecule has 0 saturated carbocycles. The van der Waals surface area contributed by atoms with Crippen molar-refractivity contribution in [1.82, 2.24) is 14.6 Å². The van der Waals surface area contributed by atoms with Gasteiger partial charge in [0.1, 0.15) is 0 Å². The molecule has 0 atom stereocenters. The molecule has 8 heteroatoms. The number of nitrogens with zero attached hydrogens (tertiary/aromatic N) is 2. The van der Waals surface area contributed by atoms with Gasteiger partial charge < -0.3 is 5.32 Å². The first kappa shape index (κ1) is 17.4. The molecule has 2 rings (SSSR count). The first-order valence-electron chi connectivity index (χ1n) is 6.77. The molecule has 1 amide bonds. The maximum absolute atomic E-state index is 12.3. The van der Waals surface area contributed by atoms with Crippen LogP contribution in [0.15, 0.2) is 53.7 Å². The molecule has 6 nitrogen and oxygen atoms in total. The Morgan fingerprint density at radius 2 is 1.96 bits per heavy atom. The monoisotopic (exact) mass is 353 g/mol. The Balaban J connectivity index is 1.96. The van der Waals surface area contributed by atoms with E-state index in [-0.39, 0.29) is 11.4 Å². The van der Waals surface area contributed by atoms with Crippen molar-refractivity contribution in [3.8, 4) is 0 Å². The van der Waals surface area contributed by atoms with Crippen molar-refractivity contribution in [2.75, 3.05) is 13.6 Å². The lowest BCUT2D eigenvalue weighted by Gasteiger charge is -2.17. The molecular weight excluding hydrogens is 338 g/mol. The van der Waals surface area contributed by atoms with Gasteiger partial charge in [0, 0.05) is 31.0 Å². The maximum Gasteiger partial charge on any atom is 0.243 e. The van der Waals surface area contributed by atoms with Crippen LogP contribution in [0, 0.1) is 0 Å². The Kier molecular flexibility index (Phi) is 5.70. The molecule has 0 aliphatic heterocycles. The summed E-state index contributed by atoms with van der Waals surface area (Å²) in [7, 11) is -2.38. The number of rotatable bonds is 6. The largest absolute Gasteiger partial charge is 0.351 e. The smallest absolute Gasteiger partial charge is 0.243 e. The van der Waals surface area contributed by atoms with Gasteiger partial charge in [-0.05, 0) is 35.9 Å². The van der Waals surface area contributed by atoms with Crippen molar-refractivity contribution in [2.45, 2.75) is 11.4 Å². The minimum Gasteiger partial charge on any atom is -0.351 e. The van der Waals surface area contributed by atoms with Gasteiger partial charge in [0.15, 0.2) is 0 Å². The number of hydrogen-bond donors (Lipinski definition) is 1. The molecule has 23 heavy (non-hydrogen) atoms. The van der Waals surface area contributed by atoms with Crippen molar-refractivity contribution in [3.63, 3.8) is 0 Å². The molecule has 2 aromatic rings. The van der Waals surface area contributed by atoms with Gasteiger partial charge in [-0.1, -0.05) is 17.7 Å². The zero-order chi connectivity index (χ0) is 16.9.